The molecule has 0 N–H and O–H groups in total. The van der Waals surface area contributed by atoms with E-state index in [1.54, 1.807) is 0 Å². The van der Waals surface area contributed by atoms with Crippen molar-refractivity contribution in [3.05, 3.63) is 34.9 Å². The Labute approximate surface area is 104 Å². The largest absolute Gasteiger partial charge is 0.465 e. The molecule has 0 aromatic heterocycles. The molecule has 1 aromatic rings. The number of aryl methyl sites for hydroxylation is 1. The number of rotatable bonds is 4. The summed E-state index contributed by atoms with van der Waals surface area (Å²) in [7, 11) is 1.41. The first kappa shape index (κ1) is 13.8. The zero-order valence-electron chi connectivity index (χ0n) is 11.4. The fraction of sp³-hybridized carbons (Fsp3) is 0.533. The number of hydrogen-bond acceptors (Lipinski definition) is 2. The van der Waals surface area contributed by atoms with Crippen LogP contribution in [-0.4, -0.2) is 13.1 Å². The number of esters is 1. The van der Waals surface area contributed by atoms with E-state index in [0.29, 0.717) is 17.4 Å². The molecule has 0 fully saturated rings. The fourth-order valence-electron chi connectivity index (χ4n) is 2.31. The second-order valence-corrected chi connectivity index (χ2v) is 5.09. The molecule has 0 aliphatic carbocycles. The molecule has 1 rings (SSSR count). The standard InChI is InChI=1S/C15H22O2/c1-10(2)8-11(3)14-7-6-13(9-12(14)4)15(16)17-5/h6-7,9-11H,8H2,1-5H3. The molecule has 0 heterocycles. The van der Waals surface area contributed by atoms with Gasteiger partial charge in [-0.05, 0) is 48.4 Å². The van der Waals surface area contributed by atoms with Gasteiger partial charge in [0.25, 0.3) is 0 Å². The van der Waals surface area contributed by atoms with Gasteiger partial charge < -0.3 is 4.74 Å². The maximum atomic E-state index is 11.4. The van der Waals surface area contributed by atoms with Crippen molar-refractivity contribution in [1.29, 1.82) is 0 Å². The lowest BCUT2D eigenvalue weighted by Crippen LogP contribution is -2.05. The van der Waals surface area contributed by atoms with Crippen LogP contribution in [0.25, 0.3) is 0 Å². The molecule has 94 valence electrons. The second-order valence-electron chi connectivity index (χ2n) is 5.09. The highest BCUT2D eigenvalue weighted by molar-refractivity contribution is 5.89. The third-order valence-electron chi connectivity index (χ3n) is 3.05. The van der Waals surface area contributed by atoms with Crippen molar-refractivity contribution in [3.63, 3.8) is 0 Å². The molecule has 0 bridgehead atoms. The van der Waals surface area contributed by atoms with Crippen LogP contribution in [0.15, 0.2) is 18.2 Å². The van der Waals surface area contributed by atoms with Gasteiger partial charge in [-0.1, -0.05) is 26.8 Å². The molecule has 2 nitrogen and oxygen atoms in total. The smallest absolute Gasteiger partial charge is 0.337 e. The molecule has 0 saturated carbocycles. The Morgan fingerprint density at radius 3 is 2.41 bits per heavy atom. The number of carbonyl (C=O) groups is 1. The summed E-state index contributed by atoms with van der Waals surface area (Å²) in [6.45, 7) is 8.75. The summed E-state index contributed by atoms with van der Waals surface area (Å²) in [5, 5.41) is 0. The van der Waals surface area contributed by atoms with Crippen LogP contribution < -0.4 is 0 Å². The zero-order valence-corrected chi connectivity index (χ0v) is 11.4. The van der Waals surface area contributed by atoms with Gasteiger partial charge in [0.2, 0.25) is 0 Å². The van der Waals surface area contributed by atoms with Crippen molar-refractivity contribution in [2.24, 2.45) is 5.92 Å². The summed E-state index contributed by atoms with van der Waals surface area (Å²) < 4.78 is 4.72. The Morgan fingerprint density at radius 1 is 1.29 bits per heavy atom. The van der Waals surface area contributed by atoms with Gasteiger partial charge in [-0.2, -0.15) is 0 Å². The Morgan fingerprint density at radius 2 is 1.94 bits per heavy atom. The number of hydrogen-bond donors (Lipinski definition) is 0. The monoisotopic (exact) mass is 234 g/mol. The van der Waals surface area contributed by atoms with Crippen LogP contribution in [0, 0.1) is 12.8 Å². The molecule has 0 aliphatic heterocycles. The number of methoxy groups -OCH3 is 1. The topological polar surface area (TPSA) is 26.3 Å². The van der Waals surface area contributed by atoms with Crippen molar-refractivity contribution in [2.45, 2.75) is 40.0 Å². The van der Waals surface area contributed by atoms with Crippen LogP contribution in [0.4, 0.5) is 0 Å². The second kappa shape index (κ2) is 5.85. The molecule has 1 aromatic carbocycles. The highest BCUT2D eigenvalue weighted by Gasteiger charge is 2.13. The van der Waals surface area contributed by atoms with E-state index < -0.39 is 0 Å². The van der Waals surface area contributed by atoms with Crippen molar-refractivity contribution in [3.8, 4) is 0 Å². The van der Waals surface area contributed by atoms with Crippen LogP contribution in [0.5, 0.6) is 0 Å². The van der Waals surface area contributed by atoms with Crippen molar-refractivity contribution >= 4 is 5.97 Å². The first-order valence-corrected chi connectivity index (χ1v) is 6.14. The molecule has 1 atom stereocenters. The first-order valence-electron chi connectivity index (χ1n) is 6.14. The zero-order chi connectivity index (χ0) is 13.0. The van der Waals surface area contributed by atoms with Crippen molar-refractivity contribution in [1.82, 2.24) is 0 Å². The number of ether oxygens (including phenoxy) is 1. The quantitative estimate of drug-likeness (QED) is 0.738. The molecular weight excluding hydrogens is 212 g/mol. The van der Waals surface area contributed by atoms with Crippen LogP contribution in [0.1, 0.15) is 54.6 Å². The lowest BCUT2D eigenvalue weighted by Gasteiger charge is -2.17. The normalized spacial score (nSPS) is 12.6. The Hall–Kier alpha value is -1.31. The molecule has 0 saturated heterocycles. The summed E-state index contributed by atoms with van der Waals surface area (Å²) >= 11 is 0. The van der Waals surface area contributed by atoms with E-state index in [0.717, 1.165) is 0 Å². The highest BCUT2D eigenvalue weighted by Crippen LogP contribution is 2.26. The molecule has 0 radical (unpaired) electrons. The maximum Gasteiger partial charge on any atom is 0.337 e. The van der Waals surface area contributed by atoms with Gasteiger partial charge in [-0.25, -0.2) is 4.79 Å². The van der Waals surface area contributed by atoms with Gasteiger partial charge in [-0.3, -0.25) is 0 Å². The Kier molecular flexibility index (Phi) is 4.73. The van der Waals surface area contributed by atoms with Gasteiger partial charge in [0.1, 0.15) is 0 Å². The summed E-state index contributed by atoms with van der Waals surface area (Å²) in [4.78, 5) is 11.4. The van der Waals surface area contributed by atoms with E-state index in [-0.39, 0.29) is 5.97 Å². The van der Waals surface area contributed by atoms with Gasteiger partial charge in [0.05, 0.1) is 12.7 Å². The van der Waals surface area contributed by atoms with Crippen molar-refractivity contribution < 1.29 is 9.53 Å². The summed E-state index contributed by atoms with van der Waals surface area (Å²) in [6, 6.07) is 5.82. The molecule has 1 unspecified atom stereocenters. The molecule has 0 spiro atoms. The molecule has 17 heavy (non-hydrogen) atoms. The van der Waals surface area contributed by atoms with E-state index in [2.05, 4.69) is 33.8 Å². The Balaban J connectivity index is 2.93. The third kappa shape index (κ3) is 3.58. The third-order valence-corrected chi connectivity index (χ3v) is 3.05. The van der Waals surface area contributed by atoms with Crippen LogP contribution in [-0.2, 0) is 4.74 Å². The van der Waals surface area contributed by atoms with Gasteiger partial charge >= 0.3 is 5.97 Å². The van der Waals surface area contributed by atoms with E-state index >= 15 is 0 Å². The fourth-order valence-corrected chi connectivity index (χ4v) is 2.31. The SMILES string of the molecule is COC(=O)c1ccc(C(C)CC(C)C)c(C)c1. The van der Waals surface area contributed by atoms with Gasteiger partial charge in [0.15, 0.2) is 0 Å². The molecule has 0 aliphatic rings. The van der Waals surface area contributed by atoms with Crippen LogP contribution >= 0.6 is 0 Å². The lowest BCUT2D eigenvalue weighted by atomic mass is 9.88. The molecule has 0 amide bonds. The minimum atomic E-state index is -0.267. The maximum absolute atomic E-state index is 11.4. The average molecular weight is 234 g/mol. The van der Waals surface area contributed by atoms with Gasteiger partial charge in [0, 0.05) is 0 Å². The number of benzene rings is 1. The highest BCUT2D eigenvalue weighted by atomic mass is 16.5. The van der Waals surface area contributed by atoms with Crippen LogP contribution in [0.2, 0.25) is 0 Å². The summed E-state index contributed by atoms with van der Waals surface area (Å²) in [5.74, 6) is 0.947. The summed E-state index contributed by atoms with van der Waals surface area (Å²) in [6.07, 6.45) is 1.17. The van der Waals surface area contributed by atoms with E-state index in [4.69, 9.17) is 4.74 Å². The first-order chi connectivity index (χ1) is 7.95. The molecular formula is C15H22O2. The predicted molar refractivity (Wildman–Crippen MR) is 70.4 cm³/mol. The predicted octanol–water partition coefficient (Wildman–Crippen LogP) is 3.93. The summed E-state index contributed by atoms with van der Waals surface area (Å²) in [5.41, 5.74) is 3.12. The van der Waals surface area contributed by atoms with Gasteiger partial charge in [-0.15, -0.1) is 0 Å². The van der Waals surface area contributed by atoms with E-state index in [1.807, 2.05) is 12.1 Å². The van der Waals surface area contributed by atoms with E-state index in [9.17, 15) is 4.79 Å². The minimum absolute atomic E-state index is 0.267. The lowest BCUT2D eigenvalue weighted by molar-refractivity contribution is 0.0600. The Bertz CT molecular complexity index is 394. The van der Waals surface area contributed by atoms with Crippen molar-refractivity contribution in [2.75, 3.05) is 7.11 Å². The van der Waals surface area contributed by atoms with Crippen LogP contribution in [0.3, 0.4) is 0 Å². The average Bonchev–Trinajstić information content (AvgIpc) is 2.26. The number of carbonyl (C=O) groups excluding carboxylic acids is 1. The van der Waals surface area contributed by atoms with E-state index in [1.165, 1.54) is 24.7 Å². The minimum Gasteiger partial charge on any atom is -0.465 e. The molecule has 2 heteroatoms.